The number of fused-ring (bicyclic) bond motifs is 1. The number of benzene rings is 1. The summed E-state index contributed by atoms with van der Waals surface area (Å²) in [4.78, 5) is 18.1. The quantitative estimate of drug-likeness (QED) is 0.485. The molecule has 0 saturated heterocycles. The second-order valence-electron chi connectivity index (χ2n) is 6.61. The van der Waals surface area contributed by atoms with Gasteiger partial charge in [0.25, 0.3) is 5.91 Å². The van der Waals surface area contributed by atoms with E-state index in [1.807, 2.05) is 6.07 Å². The van der Waals surface area contributed by atoms with Gasteiger partial charge >= 0.3 is 0 Å². The maximum atomic E-state index is 12.8. The second-order valence-corrected chi connectivity index (χ2v) is 8.31. The van der Waals surface area contributed by atoms with Crippen LogP contribution in [0.2, 0.25) is 10.0 Å². The molecule has 28 heavy (non-hydrogen) atoms. The average Bonchev–Trinajstić information content (AvgIpc) is 3.40. The van der Waals surface area contributed by atoms with Crippen molar-refractivity contribution >= 4 is 62.1 Å². The SMILES string of the molecule is Cc1nnc2c(Cl)c(Nc3ccc(Br)cc3Cl)c(C(=O)NOCC3CC3)cn12. The lowest BCUT2D eigenvalue weighted by Crippen LogP contribution is -2.26. The summed E-state index contributed by atoms with van der Waals surface area (Å²) in [5.74, 6) is 0.706. The fraction of sp³-hybridized carbons (Fsp3) is 0.278. The predicted molar refractivity (Wildman–Crippen MR) is 111 cm³/mol. The molecule has 0 spiro atoms. The standard InChI is InChI=1S/C18H16BrCl2N5O2/c1-9-23-24-17-15(21)16(22-14-5-4-11(19)6-13(14)20)12(7-26(9)17)18(27)25-28-8-10-2-3-10/h4-7,10,22H,2-3,8H2,1H3,(H,25,27). The van der Waals surface area contributed by atoms with Gasteiger partial charge in [-0.15, -0.1) is 10.2 Å². The van der Waals surface area contributed by atoms with E-state index in [9.17, 15) is 4.79 Å². The summed E-state index contributed by atoms with van der Waals surface area (Å²) in [5.41, 5.74) is 4.19. The molecule has 2 N–H and O–H groups in total. The lowest BCUT2D eigenvalue weighted by Gasteiger charge is -2.16. The number of nitrogens with zero attached hydrogens (tertiary/aromatic N) is 3. The molecule has 0 aliphatic heterocycles. The summed E-state index contributed by atoms with van der Waals surface area (Å²) >= 11 is 16.3. The Hall–Kier alpha value is -1.87. The van der Waals surface area contributed by atoms with E-state index >= 15 is 0 Å². The highest BCUT2D eigenvalue weighted by Gasteiger charge is 2.24. The minimum absolute atomic E-state index is 0.259. The highest BCUT2D eigenvalue weighted by molar-refractivity contribution is 9.10. The van der Waals surface area contributed by atoms with Crippen LogP contribution in [-0.2, 0) is 4.84 Å². The van der Waals surface area contributed by atoms with Crippen LogP contribution in [0.1, 0.15) is 29.0 Å². The Morgan fingerprint density at radius 3 is 2.86 bits per heavy atom. The molecule has 2 aromatic heterocycles. The van der Waals surface area contributed by atoms with Gasteiger partial charge in [-0.05, 0) is 43.9 Å². The third kappa shape index (κ3) is 3.96. The van der Waals surface area contributed by atoms with Crippen molar-refractivity contribution < 1.29 is 9.63 Å². The van der Waals surface area contributed by atoms with E-state index in [0.29, 0.717) is 40.4 Å². The van der Waals surface area contributed by atoms with Crippen molar-refractivity contribution in [3.05, 3.63) is 50.3 Å². The van der Waals surface area contributed by atoms with Gasteiger partial charge in [0, 0.05) is 10.7 Å². The summed E-state index contributed by atoms with van der Waals surface area (Å²) in [7, 11) is 0. The third-order valence-corrected chi connectivity index (χ3v) is 5.59. The van der Waals surface area contributed by atoms with E-state index in [-0.39, 0.29) is 10.6 Å². The Bertz CT molecular complexity index is 1070. The van der Waals surface area contributed by atoms with Crippen molar-refractivity contribution in [2.45, 2.75) is 19.8 Å². The first kappa shape index (κ1) is 19.4. The number of amides is 1. The molecule has 1 saturated carbocycles. The van der Waals surface area contributed by atoms with E-state index in [1.165, 1.54) is 0 Å². The fourth-order valence-electron chi connectivity index (χ4n) is 2.68. The van der Waals surface area contributed by atoms with Gasteiger partial charge in [0.05, 0.1) is 28.6 Å². The second kappa shape index (κ2) is 7.87. The minimum atomic E-state index is -0.423. The van der Waals surface area contributed by atoms with Crippen LogP contribution in [0.3, 0.4) is 0 Å². The number of halogens is 3. The molecule has 2 heterocycles. The number of hydrogen-bond donors (Lipinski definition) is 2. The van der Waals surface area contributed by atoms with E-state index in [2.05, 4.69) is 36.9 Å². The van der Waals surface area contributed by atoms with Crippen LogP contribution in [0.5, 0.6) is 0 Å². The van der Waals surface area contributed by atoms with Gasteiger partial charge in [0.2, 0.25) is 0 Å². The van der Waals surface area contributed by atoms with Gasteiger partial charge in [-0.1, -0.05) is 39.1 Å². The monoisotopic (exact) mass is 483 g/mol. The van der Waals surface area contributed by atoms with Crippen LogP contribution < -0.4 is 10.8 Å². The molecule has 0 atom stereocenters. The first-order chi connectivity index (χ1) is 13.4. The number of hydrogen-bond acceptors (Lipinski definition) is 5. The minimum Gasteiger partial charge on any atom is -0.352 e. The predicted octanol–water partition coefficient (Wildman–Crippen LogP) is 4.92. The first-order valence-corrected chi connectivity index (χ1v) is 10.2. The van der Waals surface area contributed by atoms with Crippen LogP contribution in [0, 0.1) is 12.8 Å². The third-order valence-electron chi connectivity index (χ3n) is 4.43. The maximum absolute atomic E-state index is 12.8. The molecular formula is C18H16BrCl2N5O2. The number of aromatic nitrogens is 3. The normalized spacial score (nSPS) is 13.7. The Morgan fingerprint density at radius 1 is 1.36 bits per heavy atom. The molecule has 3 aromatic rings. The van der Waals surface area contributed by atoms with Gasteiger partial charge in [0.1, 0.15) is 10.8 Å². The summed E-state index contributed by atoms with van der Waals surface area (Å²) in [6, 6.07) is 5.36. The van der Waals surface area contributed by atoms with Gasteiger partial charge in [-0.2, -0.15) is 0 Å². The summed E-state index contributed by atoms with van der Waals surface area (Å²) < 4.78 is 2.50. The van der Waals surface area contributed by atoms with Crippen LogP contribution in [0.15, 0.2) is 28.9 Å². The number of anilines is 2. The molecule has 0 radical (unpaired) electrons. The zero-order valence-electron chi connectivity index (χ0n) is 14.8. The number of rotatable bonds is 6. The maximum Gasteiger partial charge on any atom is 0.278 e. The highest BCUT2D eigenvalue weighted by Crippen LogP contribution is 2.36. The molecule has 10 heteroatoms. The number of aryl methyl sites for hydroxylation is 1. The molecule has 7 nitrogen and oxygen atoms in total. The first-order valence-electron chi connectivity index (χ1n) is 8.62. The number of nitrogens with one attached hydrogen (secondary N) is 2. The molecule has 1 fully saturated rings. The Morgan fingerprint density at radius 2 is 2.14 bits per heavy atom. The van der Waals surface area contributed by atoms with Gasteiger partial charge < -0.3 is 5.32 Å². The highest BCUT2D eigenvalue weighted by atomic mass is 79.9. The molecule has 4 rings (SSSR count). The summed E-state index contributed by atoms with van der Waals surface area (Å²) in [6.45, 7) is 2.27. The van der Waals surface area contributed by atoms with Crippen LogP contribution >= 0.6 is 39.1 Å². The van der Waals surface area contributed by atoms with Crippen molar-refractivity contribution in [2.75, 3.05) is 11.9 Å². The van der Waals surface area contributed by atoms with Crippen molar-refractivity contribution in [3.8, 4) is 0 Å². The number of carbonyl (C=O) groups is 1. The number of carbonyl (C=O) groups excluding carboxylic acids is 1. The van der Waals surface area contributed by atoms with Crippen LogP contribution in [0.4, 0.5) is 11.4 Å². The molecule has 1 amide bonds. The molecular weight excluding hydrogens is 469 g/mol. The molecule has 1 aliphatic carbocycles. The fourth-order valence-corrected chi connectivity index (χ4v) is 3.68. The smallest absolute Gasteiger partial charge is 0.278 e. The van der Waals surface area contributed by atoms with Crippen molar-refractivity contribution in [1.29, 1.82) is 0 Å². The Balaban J connectivity index is 1.73. The largest absolute Gasteiger partial charge is 0.352 e. The van der Waals surface area contributed by atoms with Crippen molar-refractivity contribution in [1.82, 2.24) is 20.1 Å². The van der Waals surface area contributed by atoms with Crippen molar-refractivity contribution in [3.63, 3.8) is 0 Å². The van der Waals surface area contributed by atoms with E-state index in [0.717, 1.165) is 17.3 Å². The van der Waals surface area contributed by atoms with E-state index in [4.69, 9.17) is 28.0 Å². The molecule has 1 aliphatic rings. The number of pyridine rings is 1. The Kier molecular flexibility index (Phi) is 5.46. The average molecular weight is 485 g/mol. The van der Waals surface area contributed by atoms with Gasteiger partial charge in [-0.25, -0.2) is 5.48 Å². The van der Waals surface area contributed by atoms with E-state index < -0.39 is 5.91 Å². The van der Waals surface area contributed by atoms with Crippen LogP contribution in [-0.4, -0.2) is 27.1 Å². The lowest BCUT2D eigenvalue weighted by molar-refractivity contribution is 0.0270. The van der Waals surface area contributed by atoms with Crippen molar-refractivity contribution in [2.24, 2.45) is 5.92 Å². The van der Waals surface area contributed by atoms with E-state index in [1.54, 1.807) is 29.7 Å². The molecule has 0 bridgehead atoms. The van der Waals surface area contributed by atoms with Gasteiger partial charge in [-0.3, -0.25) is 14.0 Å². The summed E-state index contributed by atoms with van der Waals surface area (Å²) in [5, 5.41) is 12.0. The lowest BCUT2D eigenvalue weighted by atomic mass is 10.2. The molecule has 0 unspecified atom stereocenters. The van der Waals surface area contributed by atoms with Crippen LogP contribution in [0.25, 0.3) is 5.65 Å². The zero-order chi connectivity index (χ0) is 19.8. The van der Waals surface area contributed by atoms with Gasteiger partial charge in [0.15, 0.2) is 5.65 Å². The molecule has 146 valence electrons. The zero-order valence-corrected chi connectivity index (χ0v) is 17.9. The summed E-state index contributed by atoms with van der Waals surface area (Å²) in [6.07, 6.45) is 3.88. The number of hydroxylamine groups is 1. The molecule has 1 aromatic carbocycles. The topological polar surface area (TPSA) is 80.5 Å². The Labute approximate surface area is 179 Å².